The van der Waals surface area contributed by atoms with Crippen LogP contribution in [0.5, 0.6) is 0 Å². The van der Waals surface area contributed by atoms with Crippen molar-refractivity contribution in [2.45, 2.75) is 26.3 Å². The van der Waals surface area contributed by atoms with Gasteiger partial charge in [0.05, 0.1) is 13.2 Å². The van der Waals surface area contributed by atoms with Crippen LogP contribution < -0.4 is 0 Å². The first-order valence-electron chi connectivity index (χ1n) is 5.44. The predicted octanol–water partition coefficient (Wildman–Crippen LogP) is 0.410. The lowest BCUT2D eigenvalue weighted by molar-refractivity contribution is 0.184. The molecule has 0 aliphatic carbocycles. The number of hydrogen-bond acceptors (Lipinski definition) is 4. The summed E-state index contributed by atoms with van der Waals surface area (Å²) in [5, 5.41) is 13.0. The first kappa shape index (κ1) is 12.1. The molecule has 1 N–H and O–H groups in total. The number of hydrogen-bond donors (Lipinski definition) is 1. The standard InChI is InChI=1S/C10H20N4O/c1-3-4-5-14(6-7-15)8-10-11-9-12-13(10)2/h9,15H,3-8H2,1-2H3. The largest absolute Gasteiger partial charge is 0.395 e. The van der Waals surface area contributed by atoms with Crippen LogP contribution in [0.2, 0.25) is 0 Å². The highest BCUT2D eigenvalue weighted by molar-refractivity contribution is 4.83. The Labute approximate surface area is 90.7 Å². The zero-order valence-electron chi connectivity index (χ0n) is 9.56. The Balaban J connectivity index is 2.46. The summed E-state index contributed by atoms with van der Waals surface area (Å²) >= 11 is 0. The molecule has 0 radical (unpaired) electrons. The van der Waals surface area contributed by atoms with Crippen LogP contribution >= 0.6 is 0 Å². The van der Waals surface area contributed by atoms with Gasteiger partial charge in [-0.1, -0.05) is 13.3 Å². The molecular formula is C10H20N4O. The molecule has 15 heavy (non-hydrogen) atoms. The Morgan fingerprint density at radius 3 is 2.80 bits per heavy atom. The van der Waals surface area contributed by atoms with Gasteiger partial charge in [0.1, 0.15) is 12.2 Å². The molecule has 0 saturated heterocycles. The summed E-state index contributed by atoms with van der Waals surface area (Å²) < 4.78 is 1.77. The van der Waals surface area contributed by atoms with Gasteiger partial charge in [0.25, 0.3) is 0 Å². The zero-order chi connectivity index (χ0) is 11.1. The Bertz CT molecular complexity index is 274. The lowest BCUT2D eigenvalue weighted by Gasteiger charge is -2.20. The van der Waals surface area contributed by atoms with Crippen LogP contribution in [0.15, 0.2) is 6.33 Å². The van der Waals surface area contributed by atoms with Gasteiger partial charge in [0.2, 0.25) is 0 Å². The third-order valence-corrected chi connectivity index (χ3v) is 2.41. The molecule has 0 aromatic carbocycles. The molecule has 86 valence electrons. The van der Waals surface area contributed by atoms with Gasteiger partial charge in [-0.3, -0.25) is 9.58 Å². The molecule has 5 heteroatoms. The summed E-state index contributed by atoms with van der Waals surface area (Å²) in [6, 6.07) is 0. The smallest absolute Gasteiger partial charge is 0.140 e. The Morgan fingerprint density at radius 1 is 1.47 bits per heavy atom. The minimum atomic E-state index is 0.196. The van der Waals surface area contributed by atoms with E-state index >= 15 is 0 Å². The van der Waals surface area contributed by atoms with Gasteiger partial charge in [0, 0.05) is 13.6 Å². The molecule has 5 nitrogen and oxygen atoms in total. The summed E-state index contributed by atoms with van der Waals surface area (Å²) in [4.78, 5) is 6.38. The fourth-order valence-electron chi connectivity index (χ4n) is 1.46. The molecule has 0 fully saturated rings. The quantitative estimate of drug-likeness (QED) is 0.711. The van der Waals surface area contributed by atoms with Crippen molar-refractivity contribution in [1.29, 1.82) is 0 Å². The molecular weight excluding hydrogens is 192 g/mol. The van der Waals surface area contributed by atoms with Gasteiger partial charge in [-0.2, -0.15) is 5.10 Å². The van der Waals surface area contributed by atoms with Gasteiger partial charge in [0.15, 0.2) is 0 Å². The highest BCUT2D eigenvalue weighted by Gasteiger charge is 2.08. The van der Waals surface area contributed by atoms with Crippen LogP contribution in [0, 0.1) is 0 Å². The van der Waals surface area contributed by atoms with Gasteiger partial charge in [-0.25, -0.2) is 4.98 Å². The average Bonchev–Trinajstić information content (AvgIpc) is 2.61. The Morgan fingerprint density at radius 2 is 2.27 bits per heavy atom. The first-order chi connectivity index (χ1) is 7.27. The van der Waals surface area contributed by atoms with Crippen molar-refractivity contribution in [2.24, 2.45) is 7.05 Å². The van der Waals surface area contributed by atoms with Crippen LogP contribution in [0.25, 0.3) is 0 Å². The molecule has 1 rings (SSSR count). The summed E-state index contributed by atoms with van der Waals surface area (Å²) in [7, 11) is 1.89. The molecule has 1 heterocycles. The van der Waals surface area contributed by atoms with Crippen LogP contribution in [0.3, 0.4) is 0 Å². The number of rotatable bonds is 7. The van der Waals surface area contributed by atoms with Crippen molar-refractivity contribution in [1.82, 2.24) is 19.7 Å². The number of unbranched alkanes of at least 4 members (excludes halogenated alkanes) is 1. The fourth-order valence-corrected chi connectivity index (χ4v) is 1.46. The maximum absolute atomic E-state index is 8.95. The van der Waals surface area contributed by atoms with Crippen LogP contribution in [-0.4, -0.2) is 44.5 Å². The number of aliphatic hydroxyl groups is 1. The molecule has 0 aliphatic heterocycles. The van der Waals surface area contributed by atoms with E-state index in [1.807, 2.05) is 7.05 Å². The topological polar surface area (TPSA) is 54.2 Å². The molecule has 0 saturated carbocycles. The first-order valence-corrected chi connectivity index (χ1v) is 5.44. The van der Waals surface area contributed by atoms with E-state index < -0.39 is 0 Å². The van der Waals surface area contributed by atoms with E-state index in [4.69, 9.17) is 5.11 Å². The van der Waals surface area contributed by atoms with Crippen molar-refractivity contribution in [3.8, 4) is 0 Å². The Kier molecular flexibility index (Phi) is 5.28. The van der Waals surface area contributed by atoms with Crippen molar-refractivity contribution in [3.63, 3.8) is 0 Å². The summed E-state index contributed by atoms with van der Waals surface area (Å²) in [5.41, 5.74) is 0. The third-order valence-electron chi connectivity index (χ3n) is 2.41. The third kappa shape index (κ3) is 3.97. The predicted molar refractivity (Wildman–Crippen MR) is 58.3 cm³/mol. The van der Waals surface area contributed by atoms with E-state index in [1.165, 1.54) is 6.42 Å². The van der Waals surface area contributed by atoms with Gasteiger partial charge in [-0.05, 0) is 13.0 Å². The maximum atomic E-state index is 8.95. The summed E-state index contributed by atoms with van der Waals surface area (Å²) in [6.07, 6.45) is 3.88. The molecule has 0 atom stereocenters. The fraction of sp³-hybridized carbons (Fsp3) is 0.800. The van der Waals surface area contributed by atoms with E-state index in [2.05, 4.69) is 21.9 Å². The minimum absolute atomic E-state index is 0.196. The van der Waals surface area contributed by atoms with E-state index in [0.29, 0.717) is 6.54 Å². The lowest BCUT2D eigenvalue weighted by atomic mass is 10.3. The van der Waals surface area contributed by atoms with Crippen molar-refractivity contribution in [3.05, 3.63) is 12.2 Å². The van der Waals surface area contributed by atoms with E-state index in [1.54, 1.807) is 11.0 Å². The second-order valence-electron chi connectivity index (χ2n) is 3.65. The van der Waals surface area contributed by atoms with Crippen molar-refractivity contribution in [2.75, 3.05) is 19.7 Å². The van der Waals surface area contributed by atoms with Crippen LogP contribution in [-0.2, 0) is 13.6 Å². The second-order valence-corrected chi connectivity index (χ2v) is 3.65. The molecule has 1 aromatic rings. The highest BCUT2D eigenvalue weighted by atomic mass is 16.3. The average molecular weight is 212 g/mol. The second kappa shape index (κ2) is 6.53. The number of nitrogens with zero attached hydrogens (tertiary/aromatic N) is 4. The molecule has 0 bridgehead atoms. The van der Waals surface area contributed by atoms with Crippen LogP contribution in [0.4, 0.5) is 0 Å². The van der Waals surface area contributed by atoms with Gasteiger partial charge >= 0.3 is 0 Å². The number of aliphatic hydroxyl groups excluding tert-OH is 1. The monoisotopic (exact) mass is 212 g/mol. The van der Waals surface area contributed by atoms with E-state index in [-0.39, 0.29) is 6.61 Å². The molecule has 1 aromatic heterocycles. The van der Waals surface area contributed by atoms with Gasteiger partial charge < -0.3 is 5.11 Å². The van der Waals surface area contributed by atoms with Crippen molar-refractivity contribution >= 4 is 0 Å². The van der Waals surface area contributed by atoms with Gasteiger partial charge in [-0.15, -0.1) is 0 Å². The van der Waals surface area contributed by atoms with E-state index in [0.717, 1.165) is 25.3 Å². The Hall–Kier alpha value is -0.940. The number of aromatic nitrogens is 3. The zero-order valence-corrected chi connectivity index (χ0v) is 9.56. The van der Waals surface area contributed by atoms with Crippen LogP contribution in [0.1, 0.15) is 25.6 Å². The SMILES string of the molecule is CCCCN(CCO)Cc1ncnn1C. The summed E-state index contributed by atoms with van der Waals surface area (Å²) in [5.74, 6) is 0.944. The molecule has 0 unspecified atom stereocenters. The number of aryl methyl sites for hydroxylation is 1. The lowest BCUT2D eigenvalue weighted by Crippen LogP contribution is -2.28. The molecule has 0 spiro atoms. The molecule has 0 amide bonds. The molecule has 0 aliphatic rings. The maximum Gasteiger partial charge on any atom is 0.140 e. The summed E-state index contributed by atoms with van der Waals surface area (Å²) in [6.45, 7) is 4.83. The normalized spacial score (nSPS) is 11.2. The van der Waals surface area contributed by atoms with E-state index in [9.17, 15) is 0 Å². The highest BCUT2D eigenvalue weighted by Crippen LogP contribution is 2.01. The van der Waals surface area contributed by atoms with Crippen molar-refractivity contribution < 1.29 is 5.11 Å². The minimum Gasteiger partial charge on any atom is -0.395 e.